The van der Waals surface area contributed by atoms with Gasteiger partial charge in [-0.05, 0) is 45.4 Å². The number of carbonyl (C=O) groups excluding carboxylic acids is 1. The van der Waals surface area contributed by atoms with E-state index in [-0.39, 0.29) is 35.0 Å². The quantitative estimate of drug-likeness (QED) is 0.840. The Morgan fingerprint density at radius 3 is 2.52 bits per heavy atom. The molecule has 0 radical (unpaired) electrons. The first kappa shape index (κ1) is 17.3. The lowest BCUT2D eigenvalue weighted by Crippen LogP contribution is -2.33. The molecule has 2 atom stereocenters. The van der Waals surface area contributed by atoms with Crippen molar-refractivity contribution in [3.8, 4) is 5.75 Å². The highest BCUT2D eigenvalue weighted by Crippen LogP contribution is 2.40. The molecule has 2 N–H and O–H groups in total. The summed E-state index contributed by atoms with van der Waals surface area (Å²) in [6.45, 7) is 7.62. The third-order valence-electron chi connectivity index (χ3n) is 4.02. The lowest BCUT2D eigenvalue weighted by molar-refractivity contribution is -0.00523. The number of aryl methyl sites for hydroxylation is 1. The van der Waals surface area contributed by atoms with Crippen LogP contribution in [0.4, 0.5) is 0 Å². The number of aromatic carboxylic acids is 1. The van der Waals surface area contributed by atoms with Gasteiger partial charge in [0.25, 0.3) is 5.91 Å². The maximum Gasteiger partial charge on any atom is 0.339 e. The molecule has 0 unspecified atom stereocenters. The number of methoxy groups -OCH3 is 1. The topological polar surface area (TPSA) is 84.9 Å². The molecule has 1 aliphatic rings. The molecule has 1 fully saturated rings. The van der Waals surface area contributed by atoms with Crippen LogP contribution in [0.3, 0.4) is 0 Å². The zero-order valence-corrected chi connectivity index (χ0v) is 14.1. The normalized spacial score (nSPS) is 22.8. The van der Waals surface area contributed by atoms with Gasteiger partial charge in [-0.3, -0.25) is 4.79 Å². The molecule has 6 heteroatoms. The maximum absolute atomic E-state index is 12.5. The van der Waals surface area contributed by atoms with E-state index in [1.165, 1.54) is 13.2 Å². The molecule has 0 spiro atoms. The van der Waals surface area contributed by atoms with Gasteiger partial charge in [0.15, 0.2) is 0 Å². The van der Waals surface area contributed by atoms with E-state index in [0.717, 1.165) is 6.42 Å². The molecular formula is C17H23NO5. The highest BCUT2D eigenvalue weighted by atomic mass is 16.5. The van der Waals surface area contributed by atoms with E-state index in [1.54, 1.807) is 13.0 Å². The van der Waals surface area contributed by atoms with E-state index in [9.17, 15) is 14.7 Å². The predicted molar refractivity (Wildman–Crippen MR) is 85.2 cm³/mol. The number of carboxylic acid groups (broad SMARTS) is 1. The number of nitrogens with one attached hydrogen (secondary N) is 1. The summed E-state index contributed by atoms with van der Waals surface area (Å²) in [5.41, 5.74) is 0.624. The Morgan fingerprint density at radius 1 is 1.35 bits per heavy atom. The van der Waals surface area contributed by atoms with Gasteiger partial charge in [0.2, 0.25) is 0 Å². The minimum Gasteiger partial charge on any atom is -0.496 e. The molecule has 126 valence electrons. The first-order valence-corrected chi connectivity index (χ1v) is 7.58. The van der Waals surface area contributed by atoms with Crippen LogP contribution in [-0.2, 0) is 4.74 Å². The Balaban J connectivity index is 2.18. The van der Waals surface area contributed by atoms with Crippen LogP contribution in [-0.4, -0.2) is 41.8 Å². The summed E-state index contributed by atoms with van der Waals surface area (Å²) in [6, 6.07) is 2.86. The van der Waals surface area contributed by atoms with Crippen molar-refractivity contribution in [2.45, 2.75) is 51.9 Å². The molecule has 23 heavy (non-hydrogen) atoms. The van der Waals surface area contributed by atoms with Gasteiger partial charge in [-0.25, -0.2) is 4.79 Å². The SMILES string of the molecule is COc1cc(C)c(C(=O)N[C@@H]2C[C@]2(C)OC(C)C)cc1C(=O)O. The van der Waals surface area contributed by atoms with Gasteiger partial charge in [-0.1, -0.05) is 0 Å². The third-order valence-corrected chi connectivity index (χ3v) is 4.02. The van der Waals surface area contributed by atoms with Crippen LogP contribution >= 0.6 is 0 Å². The van der Waals surface area contributed by atoms with Crippen molar-refractivity contribution in [1.29, 1.82) is 0 Å². The molecular weight excluding hydrogens is 298 g/mol. The van der Waals surface area contributed by atoms with Gasteiger partial charge in [-0.15, -0.1) is 0 Å². The highest BCUT2D eigenvalue weighted by Gasteiger charge is 2.53. The summed E-state index contributed by atoms with van der Waals surface area (Å²) in [4.78, 5) is 23.8. The fraction of sp³-hybridized carbons (Fsp3) is 0.529. The zero-order valence-electron chi connectivity index (χ0n) is 14.1. The van der Waals surface area contributed by atoms with Gasteiger partial charge < -0.3 is 19.9 Å². The van der Waals surface area contributed by atoms with Crippen molar-refractivity contribution >= 4 is 11.9 Å². The van der Waals surface area contributed by atoms with Crippen molar-refractivity contribution in [2.24, 2.45) is 0 Å². The average Bonchev–Trinajstić information content (AvgIpc) is 3.05. The van der Waals surface area contributed by atoms with Gasteiger partial charge in [0.05, 0.1) is 24.9 Å². The second kappa shape index (κ2) is 6.20. The number of benzene rings is 1. The molecule has 1 saturated carbocycles. The van der Waals surface area contributed by atoms with E-state index in [1.807, 2.05) is 20.8 Å². The Bertz CT molecular complexity index is 640. The van der Waals surface area contributed by atoms with Crippen LogP contribution in [0.1, 0.15) is 53.5 Å². The van der Waals surface area contributed by atoms with Crippen LogP contribution in [0.15, 0.2) is 12.1 Å². The Hall–Kier alpha value is -2.08. The minimum absolute atomic E-state index is 0.0276. The molecule has 1 amide bonds. The van der Waals surface area contributed by atoms with Gasteiger partial charge in [0.1, 0.15) is 11.3 Å². The number of ether oxygens (including phenoxy) is 2. The second-order valence-electron chi connectivity index (χ2n) is 6.38. The largest absolute Gasteiger partial charge is 0.496 e. The lowest BCUT2D eigenvalue weighted by atomic mass is 10.0. The van der Waals surface area contributed by atoms with Crippen LogP contribution in [0, 0.1) is 6.92 Å². The van der Waals surface area contributed by atoms with Crippen molar-refractivity contribution < 1.29 is 24.2 Å². The zero-order chi connectivity index (χ0) is 17.4. The van der Waals surface area contributed by atoms with Crippen molar-refractivity contribution in [1.82, 2.24) is 5.32 Å². The van der Waals surface area contributed by atoms with Gasteiger partial charge in [-0.2, -0.15) is 0 Å². The van der Waals surface area contributed by atoms with E-state index in [2.05, 4.69) is 5.32 Å². The fourth-order valence-electron chi connectivity index (χ4n) is 2.72. The standard InChI is InChI=1S/C17H23NO5/c1-9(2)23-17(4)8-14(17)18-15(19)11-7-12(16(20)21)13(22-5)6-10(11)3/h6-7,9,14H,8H2,1-5H3,(H,18,19)(H,20,21)/t14-,17+/m1/s1. The van der Waals surface area contributed by atoms with Crippen LogP contribution < -0.4 is 10.1 Å². The summed E-state index contributed by atoms with van der Waals surface area (Å²) in [5.74, 6) is -1.19. The van der Waals surface area contributed by atoms with E-state index in [0.29, 0.717) is 11.1 Å². The Kier molecular flexibility index (Phi) is 4.66. The smallest absolute Gasteiger partial charge is 0.339 e. The average molecular weight is 321 g/mol. The van der Waals surface area contributed by atoms with E-state index < -0.39 is 5.97 Å². The highest BCUT2D eigenvalue weighted by molar-refractivity contribution is 6.00. The Morgan fingerprint density at radius 2 is 2.00 bits per heavy atom. The number of carboxylic acids is 1. The van der Waals surface area contributed by atoms with E-state index in [4.69, 9.17) is 9.47 Å². The molecule has 2 rings (SSSR count). The molecule has 1 aromatic carbocycles. The molecule has 0 aliphatic heterocycles. The summed E-state index contributed by atoms with van der Waals surface area (Å²) in [5, 5.41) is 12.2. The van der Waals surface area contributed by atoms with Crippen molar-refractivity contribution in [3.63, 3.8) is 0 Å². The molecule has 6 nitrogen and oxygen atoms in total. The van der Waals surface area contributed by atoms with Crippen LogP contribution in [0.2, 0.25) is 0 Å². The first-order chi connectivity index (χ1) is 10.7. The lowest BCUT2D eigenvalue weighted by Gasteiger charge is -2.17. The molecule has 0 aromatic heterocycles. The van der Waals surface area contributed by atoms with Crippen molar-refractivity contribution in [2.75, 3.05) is 7.11 Å². The van der Waals surface area contributed by atoms with E-state index >= 15 is 0 Å². The van der Waals surface area contributed by atoms with Gasteiger partial charge in [0, 0.05) is 12.0 Å². The number of hydrogen-bond acceptors (Lipinski definition) is 4. The Labute approximate surface area is 135 Å². The predicted octanol–water partition coefficient (Wildman–Crippen LogP) is 2.39. The van der Waals surface area contributed by atoms with Gasteiger partial charge >= 0.3 is 5.97 Å². The summed E-state index contributed by atoms with van der Waals surface area (Å²) in [7, 11) is 1.40. The number of amides is 1. The molecule has 1 aliphatic carbocycles. The number of carbonyl (C=O) groups is 2. The summed E-state index contributed by atoms with van der Waals surface area (Å²) < 4.78 is 10.9. The maximum atomic E-state index is 12.5. The minimum atomic E-state index is -1.13. The molecule has 0 heterocycles. The molecule has 0 saturated heterocycles. The molecule has 1 aromatic rings. The third kappa shape index (κ3) is 3.64. The van der Waals surface area contributed by atoms with Crippen LogP contribution in [0.5, 0.6) is 5.75 Å². The van der Waals surface area contributed by atoms with Crippen molar-refractivity contribution in [3.05, 3.63) is 28.8 Å². The summed E-state index contributed by atoms with van der Waals surface area (Å²) in [6.07, 6.45) is 0.834. The summed E-state index contributed by atoms with van der Waals surface area (Å²) >= 11 is 0. The number of rotatable bonds is 6. The number of hydrogen-bond donors (Lipinski definition) is 2. The monoisotopic (exact) mass is 321 g/mol. The fourth-order valence-corrected chi connectivity index (χ4v) is 2.72. The first-order valence-electron chi connectivity index (χ1n) is 7.58. The van der Waals surface area contributed by atoms with Crippen LogP contribution in [0.25, 0.3) is 0 Å². The second-order valence-corrected chi connectivity index (χ2v) is 6.38. The molecule has 0 bridgehead atoms.